The molecule has 3 aliphatic carbocycles. The molecule has 4 rings (SSSR count). The number of benzene rings is 1. The van der Waals surface area contributed by atoms with Gasteiger partial charge in [-0.05, 0) is 55.2 Å². The molecule has 5 atom stereocenters. The zero-order valence-corrected chi connectivity index (χ0v) is 19.2. The van der Waals surface area contributed by atoms with Crippen LogP contribution in [0.2, 0.25) is 0 Å². The highest BCUT2D eigenvalue weighted by molar-refractivity contribution is 6.04. The van der Waals surface area contributed by atoms with Crippen LogP contribution in [0.5, 0.6) is 5.75 Å². The Kier molecular flexibility index (Phi) is 5.97. The van der Waals surface area contributed by atoms with Gasteiger partial charge in [0.1, 0.15) is 26.1 Å². The van der Waals surface area contributed by atoms with E-state index in [1.165, 1.54) is 21.0 Å². The molecule has 0 N–H and O–H groups in total. The van der Waals surface area contributed by atoms with Crippen molar-refractivity contribution in [1.82, 2.24) is 0 Å². The molecular formula is C24H30N2O6. The molecule has 0 amide bonds. The number of fused-ring (bicyclic) bond motifs is 5. The lowest BCUT2D eigenvalue weighted by Gasteiger charge is -2.51. The van der Waals surface area contributed by atoms with Crippen molar-refractivity contribution in [3.8, 4) is 5.75 Å². The number of carbonyl (C=O) groups is 2. The minimum absolute atomic E-state index is 0.0102. The molecule has 0 spiro atoms. The van der Waals surface area contributed by atoms with Crippen molar-refractivity contribution < 1.29 is 28.7 Å². The maximum absolute atomic E-state index is 12.1. The Bertz CT molecular complexity index is 987. The first-order valence-electron chi connectivity index (χ1n) is 11.0. The molecule has 1 aromatic carbocycles. The second-order valence-corrected chi connectivity index (χ2v) is 9.09. The molecule has 32 heavy (non-hydrogen) atoms. The first kappa shape index (κ1) is 22.3. The maximum Gasteiger partial charge on any atom is 0.308 e. The van der Waals surface area contributed by atoms with Crippen LogP contribution in [0.15, 0.2) is 28.5 Å². The van der Waals surface area contributed by atoms with Crippen molar-refractivity contribution in [3.63, 3.8) is 0 Å². The normalized spacial score (nSPS) is 33.2. The summed E-state index contributed by atoms with van der Waals surface area (Å²) >= 11 is 0. The molecular weight excluding hydrogens is 412 g/mol. The average molecular weight is 443 g/mol. The highest BCUT2D eigenvalue weighted by atomic mass is 16.6. The molecule has 0 aliphatic heterocycles. The van der Waals surface area contributed by atoms with Crippen LogP contribution < -0.4 is 4.74 Å². The molecule has 2 saturated carbocycles. The van der Waals surface area contributed by atoms with Gasteiger partial charge in [-0.2, -0.15) is 0 Å². The third-order valence-corrected chi connectivity index (χ3v) is 7.28. The zero-order chi connectivity index (χ0) is 23.0. The number of carbonyl (C=O) groups excluding carboxylic acids is 2. The summed E-state index contributed by atoms with van der Waals surface area (Å²) in [6.45, 7) is 5.03. The van der Waals surface area contributed by atoms with Crippen LogP contribution in [0.1, 0.15) is 63.5 Å². The van der Waals surface area contributed by atoms with E-state index >= 15 is 0 Å². The van der Waals surface area contributed by atoms with E-state index in [0.717, 1.165) is 35.4 Å². The van der Waals surface area contributed by atoms with Gasteiger partial charge in [0, 0.05) is 30.7 Å². The van der Waals surface area contributed by atoms with Gasteiger partial charge in [0.25, 0.3) is 0 Å². The number of hydrogen-bond acceptors (Lipinski definition) is 8. The Morgan fingerprint density at radius 2 is 1.84 bits per heavy atom. The smallest absolute Gasteiger partial charge is 0.308 e. The quantitative estimate of drug-likeness (QED) is 0.400. The Morgan fingerprint density at radius 1 is 1.09 bits per heavy atom. The van der Waals surface area contributed by atoms with Gasteiger partial charge in [-0.1, -0.05) is 23.3 Å². The van der Waals surface area contributed by atoms with Crippen molar-refractivity contribution in [2.24, 2.45) is 27.6 Å². The zero-order valence-electron chi connectivity index (χ0n) is 19.2. The van der Waals surface area contributed by atoms with Crippen molar-refractivity contribution in [2.45, 2.75) is 58.5 Å². The summed E-state index contributed by atoms with van der Waals surface area (Å²) < 4.78 is 11.2. The number of esters is 2. The number of ether oxygens (including phenoxy) is 2. The van der Waals surface area contributed by atoms with Gasteiger partial charge < -0.3 is 19.1 Å². The van der Waals surface area contributed by atoms with E-state index in [2.05, 4.69) is 17.2 Å². The van der Waals surface area contributed by atoms with Gasteiger partial charge in [0.05, 0.1) is 11.4 Å². The Labute approximate surface area is 187 Å². The predicted molar refractivity (Wildman–Crippen MR) is 118 cm³/mol. The lowest BCUT2D eigenvalue weighted by atomic mass is 9.54. The van der Waals surface area contributed by atoms with E-state index in [1.807, 2.05) is 12.1 Å². The van der Waals surface area contributed by atoms with Crippen LogP contribution >= 0.6 is 0 Å². The molecule has 1 aromatic rings. The van der Waals surface area contributed by atoms with E-state index in [-0.39, 0.29) is 35.3 Å². The van der Waals surface area contributed by atoms with Crippen LogP contribution in [0.25, 0.3) is 0 Å². The molecule has 2 fully saturated rings. The number of nitrogens with zero attached hydrogens (tertiary/aromatic N) is 2. The second-order valence-electron chi connectivity index (χ2n) is 9.09. The summed E-state index contributed by atoms with van der Waals surface area (Å²) in [5.74, 6) is 0.328. The summed E-state index contributed by atoms with van der Waals surface area (Å²) in [5, 5.41) is 8.67. The van der Waals surface area contributed by atoms with E-state index in [4.69, 9.17) is 19.1 Å². The first-order chi connectivity index (χ1) is 15.3. The summed E-state index contributed by atoms with van der Waals surface area (Å²) in [5.41, 5.74) is 3.53. The Hall–Kier alpha value is -2.90. The lowest BCUT2D eigenvalue weighted by Crippen LogP contribution is -2.51. The maximum atomic E-state index is 12.1. The second kappa shape index (κ2) is 8.56. The van der Waals surface area contributed by atoms with Crippen molar-refractivity contribution >= 4 is 23.4 Å². The summed E-state index contributed by atoms with van der Waals surface area (Å²) in [7, 11) is 3.10. The van der Waals surface area contributed by atoms with Gasteiger partial charge in [-0.3, -0.25) is 9.59 Å². The number of oxime groups is 2. The molecule has 8 heteroatoms. The van der Waals surface area contributed by atoms with Crippen LogP contribution in [0.4, 0.5) is 0 Å². The van der Waals surface area contributed by atoms with Crippen LogP contribution in [-0.2, 0) is 24.0 Å². The van der Waals surface area contributed by atoms with E-state index in [1.54, 1.807) is 13.2 Å². The first-order valence-corrected chi connectivity index (χ1v) is 11.0. The fraction of sp³-hybridized carbons (Fsp3) is 0.583. The minimum Gasteiger partial charge on any atom is -0.462 e. The molecule has 172 valence electrons. The molecule has 0 aromatic heterocycles. The minimum atomic E-state index is -0.383. The van der Waals surface area contributed by atoms with Crippen LogP contribution in [0.3, 0.4) is 0 Å². The Balaban J connectivity index is 1.84. The summed E-state index contributed by atoms with van der Waals surface area (Å²) in [6.07, 6.45) is 2.91. The fourth-order valence-electron chi connectivity index (χ4n) is 6.26. The van der Waals surface area contributed by atoms with Crippen LogP contribution in [0, 0.1) is 17.3 Å². The highest BCUT2D eigenvalue weighted by Crippen LogP contribution is 2.60. The van der Waals surface area contributed by atoms with E-state index in [9.17, 15) is 9.59 Å². The van der Waals surface area contributed by atoms with E-state index in [0.29, 0.717) is 24.5 Å². The summed E-state index contributed by atoms with van der Waals surface area (Å²) in [4.78, 5) is 33.9. The fourth-order valence-corrected chi connectivity index (χ4v) is 6.26. The summed E-state index contributed by atoms with van der Waals surface area (Å²) in [6, 6.07) is 5.59. The monoisotopic (exact) mass is 442 g/mol. The Morgan fingerprint density at radius 3 is 2.50 bits per heavy atom. The molecule has 3 aliphatic rings. The van der Waals surface area contributed by atoms with Crippen LogP contribution in [-0.4, -0.2) is 43.7 Å². The SMILES string of the molecule is CO/N=C1/CC[C@H]2[C@@H]3C/C(=N\OC)c4cc(OC(C)=O)ccc4[C@H]3C(OC(C)=O)C[C@]12C. The van der Waals surface area contributed by atoms with Gasteiger partial charge in [-0.15, -0.1) is 0 Å². The molecule has 8 nitrogen and oxygen atoms in total. The lowest BCUT2D eigenvalue weighted by molar-refractivity contribution is -0.153. The van der Waals surface area contributed by atoms with Gasteiger partial charge >= 0.3 is 11.9 Å². The third kappa shape index (κ3) is 3.76. The topological polar surface area (TPSA) is 95.8 Å². The standard InChI is InChI=1S/C24H30N2O6/c1-13(27)31-15-6-7-16-17(10-15)20(25-29-4)11-18-19-8-9-22(26-30-5)24(19,3)12-21(23(16)18)32-14(2)28/h6-7,10,18-19,21,23H,8-9,11-12H2,1-5H3/b25-20+,26-22-/t18-,19-,21?,23+,24-/m0/s1. The van der Waals surface area contributed by atoms with Crippen molar-refractivity contribution in [2.75, 3.05) is 14.2 Å². The van der Waals surface area contributed by atoms with Gasteiger partial charge in [0.15, 0.2) is 0 Å². The molecule has 1 unspecified atom stereocenters. The molecule has 0 bridgehead atoms. The van der Waals surface area contributed by atoms with E-state index < -0.39 is 0 Å². The average Bonchev–Trinajstić information content (AvgIpc) is 3.04. The predicted octanol–water partition coefficient (Wildman–Crippen LogP) is 3.82. The number of rotatable bonds is 4. The largest absolute Gasteiger partial charge is 0.462 e. The van der Waals surface area contributed by atoms with Crippen molar-refractivity contribution in [1.29, 1.82) is 0 Å². The molecule has 0 radical (unpaired) electrons. The number of hydrogen-bond donors (Lipinski definition) is 0. The highest BCUT2D eigenvalue weighted by Gasteiger charge is 2.59. The molecule has 0 saturated heterocycles. The molecule has 0 heterocycles. The third-order valence-electron chi connectivity index (χ3n) is 7.28. The van der Waals surface area contributed by atoms with Crippen molar-refractivity contribution in [3.05, 3.63) is 29.3 Å². The van der Waals surface area contributed by atoms with Gasteiger partial charge in [0.2, 0.25) is 0 Å². The van der Waals surface area contributed by atoms with Gasteiger partial charge in [-0.25, -0.2) is 0 Å².